The summed E-state index contributed by atoms with van der Waals surface area (Å²) in [6, 6.07) is 2.73. The topological polar surface area (TPSA) is 57.9 Å². The van der Waals surface area contributed by atoms with E-state index >= 15 is 0 Å². The molecule has 0 heterocycles. The maximum atomic E-state index is 12.7. The Morgan fingerprint density at radius 2 is 1.94 bits per heavy atom. The standard InChI is InChI=1S/C9H4BrClF3NO2S/c10-3-5-1-6(4-15)8(18(11,16)17)2-7(5)9(12,13)14/h1-2H,3H2. The summed E-state index contributed by atoms with van der Waals surface area (Å²) in [5.74, 6) is 0. The first-order valence-corrected chi connectivity index (χ1v) is 7.69. The van der Waals surface area contributed by atoms with Crippen LogP contribution in [0.5, 0.6) is 0 Å². The van der Waals surface area contributed by atoms with Gasteiger partial charge in [0, 0.05) is 16.0 Å². The zero-order valence-electron chi connectivity index (χ0n) is 8.42. The Bertz CT molecular complexity index is 622. The van der Waals surface area contributed by atoms with Gasteiger partial charge in [-0.05, 0) is 17.7 Å². The molecule has 1 aromatic carbocycles. The summed E-state index contributed by atoms with van der Waals surface area (Å²) < 4.78 is 60.3. The van der Waals surface area contributed by atoms with Crippen LogP contribution in [-0.2, 0) is 20.6 Å². The molecular weight excluding hydrogens is 359 g/mol. The van der Waals surface area contributed by atoms with Crippen molar-refractivity contribution in [1.82, 2.24) is 0 Å². The molecule has 0 atom stereocenters. The van der Waals surface area contributed by atoms with Gasteiger partial charge in [-0.25, -0.2) is 8.42 Å². The van der Waals surface area contributed by atoms with Gasteiger partial charge in [0.1, 0.15) is 11.0 Å². The fourth-order valence-electron chi connectivity index (χ4n) is 1.29. The van der Waals surface area contributed by atoms with E-state index in [0.717, 1.165) is 6.07 Å². The number of rotatable bonds is 2. The number of halogens is 5. The lowest BCUT2D eigenvalue weighted by atomic mass is 10.1. The van der Waals surface area contributed by atoms with Gasteiger partial charge < -0.3 is 0 Å². The number of hydrogen-bond acceptors (Lipinski definition) is 3. The zero-order valence-corrected chi connectivity index (χ0v) is 11.6. The number of nitrogens with zero attached hydrogens (tertiary/aromatic N) is 1. The molecule has 0 aliphatic carbocycles. The number of benzene rings is 1. The maximum absolute atomic E-state index is 12.7. The molecule has 0 spiro atoms. The minimum atomic E-state index is -4.73. The normalized spacial score (nSPS) is 12.2. The first kappa shape index (κ1) is 15.3. The van der Waals surface area contributed by atoms with Crippen molar-refractivity contribution >= 4 is 35.7 Å². The minimum Gasteiger partial charge on any atom is -0.207 e. The van der Waals surface area contributed by atoms with Gasteiger partial charge in [-0.1, -0.05) is 15.9 Å². The van der Waals surface area contributed by atoms with Crippen molar-refractivity contribution in [1.29, 1.82) is 5.26 Å². The third kappa shape index (κ3) is 3.16. The highest BCUT2D eigenvalue weighted by molar-refractivity contribution is 9.08. The molecule has 0 radical (unpaired) electrons. The molecule has 0 saturated carbocycles. The lowest BCUT2D eigenvalue weighted by Crippen LogP contribution is -2.11. The van der Waals surface area contributed by atoms with Crippen molar-refractivity contribution in [2.45, 2.75) is 16.4 Å². The van der Waals surface area contributed by atoms with E-state index in [0.29, 0.717) is 6.07 Å². The quantitative estimate of drug-likeness (QED) is 0.598. The van der Waals surface area contributed by atoms with Gasteiger partial charge in [0.05, 0.1) is 11.1 Å². The fourth-order valence-corrected chi connectivity index (χ4v) is 2.76. The van der Waals surface area contributed by atoms with Crippen LogP contribution in [0.1, 0.15) is 16.7 Å². The summed E-state index contributed by atoms with van der Waals surface area (Å²) >= 11 is 2.85. The van der Waals surface area contributed by atoms with Crippen molar-refractivity contribution in [2.75, 3.05) is 0 Å². The molecule has 0 saturated heterocycles. The molecule has 0 unspecified atom stereocenters. The molecule has 1 aromatic rings. The van der Waals surface area contributed by atoms with Gasteiger partial charge >= 0.3 is 6.18 Å². The molecule has 0 N–H and O–H groups in total. The molecule has 0 aliphatic rings. The van der Waals surface area contributed by atoms with Gasteiger partial charge in [0.15, 0.2) is 0 Å². The van der Waals surface area contributed by atoms with Crippen LogP contribution in [0.3, 0.4) is 0 Å². The molecule has 1 rings (SSSR count). The first-order valence-electron chi connectivity index (χ1n) is 4.26. The monoisotopic (exact) mass is 361 g/mol. The van der Waals surface area contributed by atoms with Crippen LogP contribution in [0.2, 0.25) is 0 Å². The minimum absolute atomic E-state index is 0.168. The molecule has 0 amide bonds. The summed E-state index contributed by atoms with van der Waals surface area (Å²) in [5, 5.41) is 8.56. The van der Waals surface area contributed by atoms with Crippen LogP contribution in [0.25, 0.3) is 0 Å². The molecule has 9 heteroatoms. The maximum Gasteiger partial charge on any atom is 0.416 e. The third-order valence-electron chi connectivity index (χ3n) is 2.04. The van der Waals surface area contributed by atoms with E-state index in [1.165, 1.54) is 6.07 Å². The average Bonchev–Trinajstić information content (AvgIpc) is 2.24. The molecule has 0 bridgehead atoms. The Morgan fingerprint density at radius 1 is 1.39 bits per heavy atom. The SMILES string of the molecule is N#Cc1cc(CBr)c(C(F)(F)F)cc1S(=O)(=O)Cl. The molecule has 3 nitrogen and oxygen atoms in total. The Hall–Kier alpha value is -0.780. The summed E-state index contributed by atoms with van der Waals surface area (Å²) in [7, 11) is 0.583. The molecule has 0 fully saturated rings. The van der Waals surface area contributed by atoms with Gasteiger partial charge in [0.25, 0.3) is 9.05 Å². The molecule has 18 heavy (non-hydrogen) atoms. The highest BCUT2D eigenvalue weighted by Gasteiger charge is 2.35. The summed E-state index contributed by atoms with van der Waals surface area (Å²) in [6.07, 6.45) is -4.73. The Balaban J connectivity index is 3.72. The summed E-state index contributed by atoms with van der Waals surface area (Å²) in [6.45, 7) is 0. The number of hydrogen-bond donors (Lipinski definition) is 0. The fraction of sp³-hybridized carbons (Fsp3) is 0.222. The second-order valence-electron chi connectivity index (χ2n) is 3.19. The van der Waals surface area contributed by atoms with Gasteiger partial charge in [0.2, 0.25) is 0 Å². The van der Waals surface area contributed by atoms with E-state index in [1.807, 2.05) is 0 Å². The second-order valence-corrected chi connectivity index (χ2v) is 6.28. The van der Waals surface area contributed by atoms with Crippen LogP contribution in [-0.4, -0.2) is 8.42 Å². The largest absolute Gasteiger partial charge is 0.416 e. The van der Waals surface area contributed by atoms with E-state index in [4.69, 9.17) is 15.9 Å². The zero-order chi connectivity index (χ0) is 14.1. The summed E-state index contributed by atoms with van der Waals surface area (Å²) in [5.41, 5.74) is -1.80. The smallest absolute Gasteiger partial charge is 0.207 e. The van der Waals surface area contributed by atoms with Crippen molar-refractivity contribution < 1.29 is 21.6 Å². The van der Waals surface area contributed by atoms with Crippen molar-refractivity contribution in [3.8, 4) is 6.07 Å². The predicted octanol–water partition coefficient (Wildman–Crippen LogP) is 3.40. The Kier molecular flexibility index (Phi) is 4.30. The van der Waals surface area contributed by atoms with Gasteiger partial charge in [-0.3, -0.25) is 0 Å². The van der Waals surface area contributed by atoms with Crippen LogP contribution in [0.15, 0.2) is 17.0 Å². The lowest BCUT2D eigenvalue weighted by molar-refractivity contribution is -0.138. The molecule has 98 valence electrons. The predicted molar refractivity (Wildman–Crippen MR) is 61.8 cm³/mol. The van der Waals surface area contributed by atoms with Crippen molar-refractivity contribution in [3.05, 3.63) is 28.8 Å². The van der Waals surface area contributed by atoms with E-state index in [2.05, 4.69) is 15.9 Å². The summed E-state index contributed by atoms with van der Waals surface area (Å²) in [4.78, 5) is -0.844. The van der Waals surface area contributed by atoms with Crippen molar-refractivity contribution in [2.24, 2.45) is 0 Å². The van der Waals surface area contributed by atoms with Gasteiger partial charge in [-0.2, -0.15) is 18.4 Å². The second kappa shape index (κ2) is 5.07. The number of alkyl halides is 4. The number of nitriles is 1. The van der Waals surface area contributed by atoms with Crippen LogP contribution in [0, 0.1) is 11.3 Å². The van der Waals surface area contributed by atoms with Gasteiger partial charge in [-0.15, -0.1) is 0 Å². The molecule has 0 aromatic heterocycles. The van der Waals surface area contributed by atoms with Crippen LogP contribution >= 0.6 is 26.6 Å². The average molecular weight is 363 g/mol. The van der Waals surface area contributed by atoms with Crippen LogP contribution < -0.4 is 0 Å². The lowest BCUT2D eigenvalue weighted by Gasteiger charge is -2.13. The highest BCUT2D eigenvalue weighted by Crippen LogP contribution is 2.36. The van der Waals surface area contributed by atoms with Crippen molar-refractivity contribution in [3.63, 3.8) is 0 Å². The van der Waals surface area contributed by atoms with Crippen LogP contribution in [0.4, 0.5) is 13.2 Å². The van der Waals surface area contributed by atoms with E-state index in [9.17, 15) is 21.6 Å². The Morgan fingerprint density at radius 3 is 2.28 bits per heavy atom. The Labute approximate surface area is 114 Å². The third-order valence-corrected chi connectivity index (χ3v) is 4.00. The van der Waals surface area contributed by atoms with E-state index in [1.54, 1.807) is 0 Å². The van der Waals surface area contributed by atoms with E-state index in [-0.39, 0.29) is 10.9 Å². The first-order chi connectivity index (χ1) is 8.11. The highest BCUT2D eigenvalue weighted by atomic mass is 79.9. The van der Waals surface area contributed by atoms with E-state index < -0.39 is 31.2 Å². The molecule has 0 aliphatic heterocycles. The molecular formula is C9H4BrClF3NO2S.